The largest absolute Gasteiger partial charge is 0.307 e. The predicted molar refractivity (Wildman–Crippen MR) is 156 cm³/mol. The van der Waals surface area contributed by atoms with Gasteiger partial charge >= 0.3 is 0 Å². The fourth-order valence-electron chi connectivity index (χ4n) is 5.78. The molecule has 0 fully saturated rings. The first-order valence-corrected chi connectivity index (χ1v) is 12.8. The summed E-state index contributed by atoms with van der Waals surface area (Å²) >= 11 is 0. The lowest BCUT2D eigenvalue weighted by atomic mass is 10.1. The van der Waals surface area contributed by atoms with Crippen molar-refractivity contribution in [1.29, 1.82) is 0 Å². The van der Waals surface area contributed by atoms with Crippen molar-refractivity contribution < 1.29 is 0 Å². The zero-order valence-electron chi connectivity index (χ0n) is 20.5. The van der Waals surface area contributed by atoms with Crippen molar-refractivity contribution in [3.63, 3.8) is 0 Å². The second kappa shape index (κ2) is 8.15. The molecule has 3 aromatic heterocycles. The number of rotatable bonds is 3. The van der Waals surface area contributed by atoms with E-state index in [0.29, 0.717) is 0 Å². The second-order valence-electron chi connectivity index (χ2n) is 9.52. The second-order valence-corrected chi connectivity index (χ2v) is 9.52. The summed E-state index contributed by atoms with van der Waals surface area (Å²) < 4.78 is 4.65. The monoisotopic (exact) mass is 486 g/mol. The average Bonchev–Trinajstić information content (AvgIpc) is 3.51. The molecule has 4 heteroatoms. The Labute approximate surface area is 219 Å². The van der Waals surface area contributed by atoms with Gasteiger partial charge in [0, 0.05) is 32.8 Å². The van der Waals surface area contributed by atoms with Crippen LogP contribution in [0.15, 0.2) is 134 Å². The molecule has 8 aromatic rings. The maximum Gasteiger partial charge on any atom is 0.156 e. The molecule has 0 spiro atoms. The fraction of sp³-hybridized carbons (Fsp3) is 0. The molecule has 0 aliphatic heterocycles. The summed E-state index contributed by atoms with van der Waals surface area (Å²) in [5.74, 6) is 0.799. The Morgan fingerprint density at radius 3 is 1.61 bits per heavy atom. The number of hydrogen-bond donors (Lipinski definition) is 0. The molecule has 0 saturated carbocycles. The third-order valence-electron chi connectivity index (χ3n) is 7.42. The highest BCUT2D eigenvalue weighted by atomic mass is 15.1. The Morgan fingerprint density at radius 2 is 0.974 bits per heavy atom. The summed E-state index contributed by atoms with van der Waals surface area (Å²) in [6.07, 6.45) is 3.76. The van der Waals surface area contributed by atoms with E-state index in [9.17, 15) is 0 Å². The van der Waals surface area contributed by atoms with Crippen LogP contribution in [0.4, 0.5) is 0 Å². The average molecular weight is 487 g/mol. The molecule has 0 aliphatic carbocycles. The summed E-state index contributed by atoms with van der Waals surface area (Å²) in [5, 5.41) is 4.84. The van der Waals surface area contributed by atoms with E-state index in [-0.39, 0.29) is 0 Å². The maximum atomic E-state index is 4.95. The lowest BCUT2D eigenvalue weighted by Crippen LogP contribution is -2.01. The van der Waals surface area contributed by atoms with Gasteiger partial charge < -0.3 is 4.57 Å². The van der Waals surface area contributed by atoms with E-state index < -0.39 is 0 Å². The van der Waals surface area contributed by atoms with E-state index in [1.165, 1.54) is 32.6 Å². The molecular weight excluding hydrogens is 464 g/mol. The molecule has 3 heterocycles. The molecule has 38 heavy (non-hydrogen) atoms. The van der Waals surface area contributed by atoms with Crippen molar-refractivity contribution in [2.75, 3.05) is 0 Å². The van der Waals surface area contributed by atoms with Gasteiger partial charge in [-0.25, -0.2) is 4.98 Å². The molecule has 0 saturated heterocycles. The van der Waals surface area contributed by atoms with Gasteiger partial charge in [0.05, 0.1) is 40.2 Å². The highest BCUT2D eigenvalue weighted by molar-refractivity contribution is 6.23. The van der Waals surface area contributed by atoms with Crippen LogP contribution in [0.3, 0.4) is 0 Å². The maximum absolute atomic E-state index is 4.95. The topological polar surface area (TPSA) is 35.6 Å². The summed E-state index contributed by atoms with van der Waals surface area (Å²) in [7, 11) is 0. The number of nitrogens with zero attached hydrogens (tertiary/aromatic N) is 4. The normalized spacial score (nSPS) is 11.7. The molecule has 0 unspecified atom stereocenters. The Bertz CT molecular complexity index is 2100. The van der Waals surface area contributed by atoms with Crippen LogP contribution in [0.2, 0.25) is 0 Å². The number of para-hydroxylation sites is 3. The predicted octanol–water partition coefficient (Wildman–Crippen LogP) is 8.34. The lowest BCUT2D eigenvalue weighted by molar-refractivity contribution is 1.04. The number of benzene rings is 5. The highest BCUT2D eigenvalue weighted by Gasteiger charge is 2.21. The Hall–Kier alpha value is -5.22. The van der Waals surface area contributed by atoms with Gasteiger partial charge in [0.2, 0.25) is 0 Å². The Kier molecular flexibility index (Phi) is 4.49. The fourth-order valence-corrected chi connectivity index (χ4v) is 5.78. The smallest absolute Gasteiger partial charge is 0.156 e. The van der Waals surface area contributed by atoms with Crippen molar-refractivity contribution in [2.45, 2.75) is 0 Å². The quantitative estimate of drug-likeness (QED) is 0.252. The molecular formula is C34H22N4. The highest BCUT2D eigenvalue weighted by Crippen LogP contribution is 2.41. The van der Waals surface area contributed by atoms with Crippen molar-refractivity contribution >= 4 is 43.6 Å². The molecule has 8 rings (SSSR count). The summed E-state index contributed by atoms with van der Waals surface area (Å²) in [4.78, 5) is 9.78. The van der Waals surface area contributed by atoms with Crippen LogP contribution >= 0.6 is 0 Å². The van der Waals surface area contributed by atoms with Crippen molar-refractivity contribution in [1.82, 2.24) is 19.1 Å². The first-order valence-electron chi connectivity index (χ1n) is 12.8. The zero-order chi connectivity index (χ0) is 25.1. The molecule has 4 nitrogen and oxygen atoms in total. The first kappa shape index (κ1) is 20.9. The summed E-state index contributed by atoms with van der Waals surface area (Å²) in [6.45, 7) is 0. The zero-order valence-corrected chi connectivity index (χ0v) is 20.5. The minimum Gasteiger partial charge on any atom is -0.307 e. The molecule has 0 amide bonds. The van der Waals surface area contributed by atoms with E-state index in [1.807, 2.05) is 30.6 Å². The third-order valence-corrected chi connectivity index (χ3v) is 7.42. The van der Waals surface area contributed by atoms with Crippen molar-refractivity contribution in [3.8, 4) is 22.8 Å². The van der Waals surface area contributed by atoms with E-state index in [4.69, 9.17) is 9.97 Å². The molecule has 0 bridgehead atoms. The Balaban J connectivity index is 1.52. The van der Waals surface area contributed by atoms with Crippen LogP contribution in [0.5, 0.6) is 0 Å². The Morgan fingerprint density at radius 1 is 0.421 bits per heavy atom. The van der Waals surface area contributed by atoms with E-state index >= 15 is 0 Å². The van der Waals surface area contributed by atoms with E-state index in [0.717, 1.165) is 33.8 Å². The third kappa shape index (κ3) is 2.98. The lowest BCUT2D eigenvalue weighted by Gasteiger charge is -2.12. The minimum atomic E-state index is 0.799. The van der Waals surface area contributed by atoms with Crippen LogP contribution in [-0.4, -0.2) is 19.1 Å². The van der Waals surface area contributed by atoms with Gasteiger partial charge in [-0.2, -0.15) is 0 Å². The summed E-state index contributed by atoms with van der Waals surface area (Å²) in [5.41, 5.74) is 7.64. The van der Waals surface area contributed by atoms with Crippen LogP contribution < -0.4 is 0 Å². The van der Waals surface area contributed by atoms with Gasteiger partial charge in [-0.15, -0.1) is 0 Å². The molecule has 0 aliphatic rings. The van der Waals surface area contributed by atoms with Crippen LogP contribution in [0.1, 0.15) is 0 Å². The number of hydrogen-bond acceptors (Lipinski definition) is 2. The van der Waals surface area contributed by atoms with Crippen molar-refractivity contribution in [3.05, 3.63) is 134 Å². The first-order chi connectivity index (χ1) is 18.9. The van der Waals surface area contributed by atoms with Crippen molar-refractivity contribution in [2.24, 2.45) is 0 Å². The van der Waals surface area contributed by atoms with Crippen LogP contribution in [0, 0.1) is 0 Å². The molecule has 5 aromatic carbocycles. The van der Waals surface area contributed by atoms with Gasteiger partial charge in [-0.3, -0.25) is 9.55 Å². The molecule has 178 valence electrons. The van der Waals surface area contributed by atoms with Crippen LogP contribution in [0.25, 0.3) is 66.4 Å². The van der Waals surface area contributed by atoms with E-state index in [2.05, 4.69) is 112 Å². The SMILES string of the molecule is c1ccc(-c2cnc(-n3c4ccccc4c4ccc5c6ccccc6n(-c6ccccc6)c5c43)cn2)cc1. The van der Waals surface area contributed by atoms with Gasteiger partial charge in [0.25, 0.3) is 0 Å². The number of aromatic nitrogens is 4. The van der Waals surface area contributed by atoms with E-state index in [1.54, 1.807) is 0 Å². The molecule has 0 atom stereocenters. The summed E-state index contributed by atoms with van der Waals surface area (Å²) in [6, 6.07) is 42.5. The van der Waals surface area contributed by atoms with Gasteiger partial charge in [0.1, 0.15) is 0 Å². The molecule has 0 N–H and O–H groups in total. The van der Waals surface area contributed by atoms with Crippen LogP contribution in [-0.2, 0) is 0 Å². The van der Waals surface area contributed by atoms with Gasteiger partial charge in [-0.05, 0) is 24.3 Å². The number of fused-ring (bicyclic) bond motifs is 7. The van der Waals surface area contributed by atoms with Gasteiger partial charge in [0.15, 0.2) is 5.82 Å². The minimum absolute atomic E-state index is 0.799. The van der Waals surface area contributed by atoms with Gasteiger partial charge in [-0.1, -0.05) is 97.1 Å². The molecule has 0 radical (unpaired) electrons. The standard InChI is InChI=1S/C34H22N4/c1-3-11-23(12-4-1)29-21-36-32(22-35-29)38-31-18-10-8-16-26(31)28-20-19-27-25-15-7-9-17-30(25)37(33(27)34(28)38)24-13-5-2-6-14-24/h1-22H.